The molecule has 0 bridgehead atoms. The minimum absolute atomic E-state index is 0.00304. The molecule has 0 aliphatic heterocycles. The fourth-order valence-electron chi connectivity index (χ4n) is 3.36. The largest absolute Gasteiger partial charge is 0.394 e. The summed E-state index contributed by atoms with van der Waals surface area (Å²) >= 11 is 12.6. The molecule has 1 aliphatic carbocycles. The van der Waals surface area contributed by atoms with Crippen LogP contribution in [-0.2, 0) is 9.53 Å². The van der Waals surface area contributed by atoms with Crippen LogP contribution in [0.25, 0.3) is 11.4 Å². The van der Waals surface area contributed by atoms with Crippen LogP contribution in [-0.4, -0.2) is 50.1 Å². The Morgan fingerprint density at radius 2 is 1.94 bits per heavy atom. The number of hydrogen-bond acceptors (Lipinski definition) is 6. The third-order valence-electron chi connectivity index (χ3n) is 4.90. The highest BCUT2D eigenvalue weighted by Crippen LogP contribution is 2.43. The van der Waals surface area contributed by atoms with Gasteiger partial charge in [0.05, 0.1) is 42.5 Å². The summed E-state index contributed by atoms with van der Waals surface area (Å²) in [6.45, 7) is -0.771. The van der Waals surface area contributed by atoms with Gasteiger partial charge in [0.25, 0.3) is 5.91 Å². The predicted octanol–water partition coefficient (Wildman–Crippen LogP) is 4.05. The van der Waals surface area contributed by atoms with E-state index >= 15 is 4.39 Å². The number of hydrogen-bond donors (Lipinski definition) is 2. The maximum absolute atomic E-state index is 16.0. The van der Waals surface area contributed by atoms with Crippen molar-refractivity contribution in [2.45, 2.75) is 12.3 Å². The third-order valence-corrected chi connectivity index (χ3v) is 5.52. The quantitative estimate of drug-likeness (QED) is 0.500. The number of nitrogens with one attached hydrogen (secondary N) is 1. The van der Waals surface area contributed by atoms with E-state index in [1.165, 1.54) is 59.8 Å². The Morgan fingerprint density at radius 1 is 1.24 bits per heavy atom. The van der Waals surface area contributed by atoms with Gasteiger partial charge >= 0.3 is 0 Å². The topological polar surface area (TPSA) is 102 Å². The standard InChI is InChI=1S/C22H17Cl2F2N5O3/c23-18-10-17(13-1-3-14(25)4-2-13)22(26,34-8-7-32)11-16(18)21(33)30-15-9-19(24)20(27-12-15)31-28-5-6-29-31/h1-6,9-10,12,32H,7-8,11H2,(H,30,33). The molecule has 0 fully saturated rings. The highest BCUT2D eigenvalue weighted by Gasteiger charge is 2.42. The Balaban J connectivity index is 1.62. The minimum Gasteiger partial charge on any atom is -0.394 e. The molecule has 2 heterocycles. The molecule has 0 saturated carbocycles. The second-order valence-corrected chi connectivity index (χ2v) is 7.99. The van der Waals surface area contributed by atoms with E-state index < -0.39 is 30.6 Å². The van der Waals surface area contributed by atoms with Crippen molar-refractivity contribution in [2.75, 3.05) is 18.5 Å². The van der Waals surface area contributed by atoms with Crippen molar-refractivity contribution in [2.24, 2.45) is 0 Å². The zero-order valence-corrected chi connectivity index (χ0v) is 18.9. The summed E-state index contributed by atoms with van der Waals surface area (Å²) in [6, 6.07) is 6.52. The smallest absolute Gasteiger partial charge is 0.253 e. The second kappa shape index (κ2) is 9.98. The van der Waals surface area contributed by atoms with Gasteiger partial charge in [0.1, 0.15) is 5.82 Å². The summed E-state index contributed by atoms with van der Waals surface area (Å²) in [4.78, 5) is 18.3. The molecule has 12 heteroatoms. The molecule has 3 aromatic rings. The van der Waals surface area contributed by atoms with Crippen molar-refractivity contribution in [1.29, 1.82) is 0 Å². The molecule has 0 saturated heterocycles. The molecule has 1 aliphatic rings. The van der Waals surface area contributed by atoms with Crippen LogP contribution in [0.1, 0.15) is 12.0 Å². The molecule has 1 amide bonds. The van der Waals surface area contributed by atoms with Crippen molar-refractivity contribution in [3.8, 4) is 5.82 Å². The molecule has 4 rings (SSSR count). The van der Waals surface area contributed by atoms with Crippen molar-refractivity contribution >= 4 is 40.4 Å². The number of aromatic nitrogens is 4. The van der Waals surface area contributed by atoms with Gasteiger partial charge in [0, 0.05) is 22.6 Å². The fraction of sp³-hybridized carbons (Fsp3) is 0.182. The Kier molecular flexibility index (Phi) is 7.03. The third kappa shape index (κ3) is 5.00. The monoisotopic (exact) mass is 507 g/mol. The van der Waals surface area contributed by atoms with Gasteiger partial charge < -0.3 is 15.2 Å². The van der Waals surface area contributed by atoms with E-state index in [2.05, 4.69) is 20.5 Å². The Morgan fingerprint density at radius 3 is 2.59 bits per heavy atom. The molecule has 1 aromatic carbocycles. The molecular formula is C22H17Cl2F2N5O3. The molecule has 176 valence electrons. The Bertz CT molecular complexity index is 1270. The maximum atomic E-state index is 16.0. The van der Waals surface area contributed by atoms with Crippen LogP contribution in [0.5, 0.6) is 0 Å². The number of pyridine rings is 1. The molecule has 2 aromatic heterocycles. The van der Waals surface area contributed by atoms with Crippen LogP contribution < -0.4 is 5.32 Å². The molecule has 0 spiro atoms. The average molecular weight is 508 g/mol. The lowest BCUT2D eigenvalue weighted by molar-refractivity contribution is -0.119. The van der Waals surface area contributed by atoms with Crippen molar-refractivity contribution in [1.82, 2.24) is 20.0 Å². The van der Waals surface area contributed by atoms with Crippen molar-refractivity contribution in [3.05, 3.63) is 82.0 Å². The number of carbonyl (C=O) groups is 1. The highest BCUT2D eigenvalue weighted by molar-refractivity contribution is 6.35. The predicted molar refractivity (Wildman–Crippen MR) is 122 cm³/mol. The first-order valence-corrected chi connectivity index (χ1v) is 10.7. The number of aliphatic hydroxyl groups is 1. The van der Waals surface area contributed by atoms with E-state index in [0.717, 1.165) is 0 Å². The summed E-state index contributed by atoms with van der Waals surface area (Å²) in [6.07, 6.45) is 4.96. The summed E-state index contributed by atoms with van der Waals surface area (Å²) in [5.41, 5.74) is 0.459. The van der Waals surface area contributed by atoms with Gasteiger partial charge in [0.2, 0.25) is 5.85 Å². The van der Waals surface area contributed by atoms with Crippen LogP contribution in [0.3, 0.4) is 0 Å². The number of aliphatic hydroxyl groups excluding tert-OH is 1. The summed E-state index contributed by atoms with van der Waals surface area (Å²) < 4.78 is 34.6. The van der Waals surface area contributed by atoms with Crippen LogP contribution >= 0.6 is 23.2 Å². The summed E-state index contributed by atoms with van der Waals surface area (Å²) in [5.74, 6) is -3.43. The number of carbonyl (C=O) groups excluding carboxylic acids is 1. The van der Waals surface area contributed by atoms with E-state index in [1.807, 2.05) is 0 Å². The lowest BCUT2D eigenvalue weighted by Crippen LogP contribution is -2.35. The van der Waals surface area contributed by atoms with Crippen LogP contribution in [0.4, 0.5) is 14.5 Å². The Labute approximate surface area is 202 Å². The van der Waals surface area contributed by atoms with Gasteiger partial charge in [-0.2, -0.15) is 10.2 Å². The second-order valence-electron chi connectivity index (χ2n) is 7.17. The summed E-state index contributed by atoms with van der Waals surface area (Å²) in [7, 11) is 0. The van der Waals surface area contributed by atoms with Gasteiger partial charge in [-0.1, -0.05) is 35.3 Å². The number of allylic oxidation sites excluding steroid dienone is 2. The molecule has 34 heavy (non-hydrogen) atoms. The van der Waals surface area contributed by atoms with Crippen LogP contribution in [0.2, 0.25) is 5.02 Å². The first-order chi connectivity index (χ1) is 16.3. The van der Waals surface area contributed by atoms with Gasteiger partial charge in [-0.05, 0) is 29.8 Å². The van der Waals surface area contributed by atoms with E-state index in [0.29, 0.717) is 5.56 Å². The average Bonchev–Trinajstić information content (AvgIpc) is 3.34. The van der Waals surface area contributed by atoms with Crippen molar-refractivity contribution < 1.29 is 23.4 Å². The number of nitrogens with zero attached hydrogens (tertiary/aromatic N) is 4. The lowest BCUT2D eigenvalue weighted by atomic mass is 9.88. The van der Waals surface area contributed by atoms with Crippen molar-refractivity contribution in [3.63, 3.8) is 0 Å². The Hall–Kier alpha value is -3.18. The van der Waals surface area contributed by atoms with Crippen LogP contribution in [0.15, 0.2) is 65.6 Å². The number of alkyl halides is 1. The van der Waals surface area contributed by atoms with Gasteiger partial charge in [0.15, 0.2) is 5.82 Å². The van der Waals surface area contributed by atoms with Gasteiger partial charge in [-0.15, -0.1) is 4.80 Å². The normalized spacial score (nSPS) is 18.1. The first-order valence-electron chi connectivity index (χ1n) is 9.95. The number of halogens is 4. The first kappa shape index (κ1) is 24.0. The number of benzene rings is 1. The van der Waals surface area contributed by atoms with Gasteiger partial charge in [-0.25, -0.2) is 13.8 Å². The van der Waals surface area contributed by atoms with E-state index in [1.54, 1.807) is 0 Å². The van der Waals surface area contributed by atoms with Gasteiger partial charge in [-0.3, -0.25) is 4.79 Å². The SMILES string of the molecule is O=C(Nc1cnc(-n2nccn2)c(Cl)c1)C1=C(Cl)C=C(c2ccc(F)cc2)C(F)(OCCO)C1. The molecule has 8 nitrogen and oxygen atoms in total. The molecule has 0 radical (unpaired) electrons. The molecule has 2 N–H and O–H groups in total. The molecule has 1 atom stereocenters. The molecular weight excluding hydrogens is 491 g/mol. The highest BCUT2D eigenvalue weighted by atomic mass is 35.5. The van der Waals surface area contributed by atoms with E-state index in [9.17, 15) is 9.18 Å². The number of amides is 1. The zero-order chi connectivity index (χ0) is 24.3. The summed E-state index contributed by atoms with van der Waals surface area (Å²) in [5, 5.41) is 19.8. The number of anilines is 1. The molecule has 1 unspecified atom stereocenters. The van der Waals surface area contributed by atoms with E-state index in [-0.39, 0.29) is 39.3 Å². The minimum atomic E-state index is -2.49. The number of rotatable bonds is 7. The number of ether oxygens (including phenoxy) is 1. The van der Waals surface area contributed by atoms with E-state index in [4.69, 9.17) is 33.0 Å². The fourth-order valence-corrected chi connectivity index (χ4v) is 3.86. The van der Waals surface area contributed by atoms with Crippen LogP contribution in [0, 0.1) is 5.82 Å². The lowest BCUT2D eigenvalue weighted by Gasteiger charge is -2.32. The maximum Gasteiger partial charge on any atom is 0.253 e. The zero-order valence-electron chi connectivity index (χ0n) is 17.4.